The fourth-order valence-electron chi connectivity index (χ4n) is 1.43. The summed E-state index contributed by atoms with van der Waals surface area (Å²) in [6.45, 7) is 0.0956. The van der Waals surface area contributed by atoms with Gasteiger partial charge in [0.15, 0.2) is 0 Å². The van der Waals surface area contributed by atoms with E-state index in [1.54, 1.807) is 30.3 Å². The van der Waals surface area contributed by atoms with Crippen molar-refractivity contribution in [3.05, 3.63) is 41.5 Å². The van der Waals surface area contributed by atoms with Crippen molar-refractivity contribution in [2.75, 3.05) is 6.54 Å². The molecule has 1 amide bonds. The average molecular weight is 203 g/mol. The number of amides is 1. The highest BCUT2D eigenvalue weighted by Crippen LogP contribution is 2.18. The molecule has 2 rings (SSSR count). The summed E-state index contributed by atoms with van der Waals surface area (Å²) in [5, 5.41) is 12.1. The van der Waals surface area contributed by atoms with Crippen LogP contribution < -0.4 is 5.32 Å². The van der Waals surface area contributed by atoms with Crippen LogP contribution in [0.2, 0.25) is 0 Å². The number of carbonyl (C=O) groups excluding carboxylic acids is 2. The van der Waals surface area contributed by atoms with E-state index >= 15 is 0 Å². The third-order valence-electron chi connectivity index (χ3n) is 2.24. The molecular formula is C11H9NO3. The van der Waals surface area contributed by atoms with Crippen LogP contribution in [0, 0.1) is 0 Å². The fourth-order valence-corrected chi connectivity index (χ4v) is 1.43. The first kappa shape index (κ1) is 9.45. The summed E-state index contributed by atoms with van der Waals surface area (Å²) >= 11 is 0. The predicted molar refractivity (Wildman–Crippen MR) is 54.0 cm³/mol. The molecule has 1 aliphatic rings. The van der Waals surface area contributed by atoms with E-state index in [-0.39, 0.29) is 17.9 Å². The Bertz CT molecular complexity index is 448. The normalized spacial score (nSPS) is 18.9. The summed E-state index contributed by atoms with van der Waals surface area (Å²) in [4.78, 5) is 22.2. The van der Waals surface area contributed by atoms with E-state index < -0.39 is 11.7 Å². The number of nitrogens with one attached hydrogen (secondary N) is 1. The second-order valence-corrected chi connectivity index (χ2v) is 3.20. The summed E-state index contributed by atoms with van der Waals surface area (Å²) in [5.41, 5.74) is 0.670. The Hall–Kier alpha value is -2.10. The smallest absolute Gasteiger partial charge is 0.292 e. The molecule has 0 saturated carbocycles. The van der Waals surface area contributed by atoms with Gasteiger partial charge in [-0.05, 0) is 0 Å². The monoisotopic (exact) mass is 203 g/mol. The average Bonchev–Trinajstić information content (AvgIpc) is 2.60. The molecule has 0 unspecified atom stereocenters. The molecule has 4 nitrogen and oxygen atoms in total. The van der Waals surface area contributed by atoms with Crippen molar-refractivity contribution in [1.29, 1.82) is 0 Å². The zero-order valence-corrected chi connectivity index (χ0v) is 7.86. The van der Waals surface area contributed by atoms with E-state index in [0.717, 1.165) is 0 Å². The van der Waals surface area contributed by atoms with Gasteiger partial charge >= 0.3 is 0 Å². The number of ketones is 1. The minimum Gasteiger partial charge on any atom is -0.507 e. The third-order valence-corrected chi connectivity index (χ3v) is 2.24. The summed E-state index contributed by atoms with van der Waals surface area (Å²) in [5.74, 6) is -1.44. The van der Waals surface area contributed by atoms with Crippen molar-refractivity contribution in [3.8, 4) is 0 Å². The highest BCUT2D eigenvalue weighted by Gasteiger charge is 2.29. The van der Waals surface area contributed by atoms with Crippen LogP contribution in [-0.2, 0) is 9.59 Å². The summed E-state index contributed by atoms with van der Waals surface area (Å²) in [6.07, 6.45) is 0. The SMILES string of the molecule is O=C1NC/C(=C(/O)c2ccccc2)C1=O. The molecular weight excluding hydrogens is 194 g/mol. The third kappa shape index (κ3) is 1.61. The maximum atomic E-state index is 11.3. The van der Waals surface area contributed by atoms with E-state index in [9.17, 15) is 14.7 Å². The second kappa shape index (κ2) is 3.57. The first-order chi connectivity index (χ1) is 7.20. The molecule has 1 aliphatic heterocycles. The number of aliphatic hydroxyl groups excluding tert-OH is 1. The Balaban J connectivity index is 2.43. The highest BCUT2D eigenvalue weighted by atomic mass is 16.3. The molecule has 1 aromatic carbocycles. The molecule has 0 radical (unpaired) electrons. The quantitative estimate of drug-likeness (QED) is 0.400. The first-order valence-corrected chi connectivity index (χ1v) is 4.50. The maximum Gasteiger partial charge on any atom is 0.292 e. The van der Waals surface area contributed by atoms with Crippen LogP contribution in [-0.4, -0.2) is 23.3 Å². The maximum absolute atomic E-state index is 11.3. The van der Waals surface area contributed by atoms with Crippen LogP contribution >= 0.6 is 0 Å². The Kier molecular flexibility index (Phi) is 2.25. The molecule has 0 aliphatic carbocycles. The van der Waals surface area contributed by atoms with Gasteiger partial charge in [0, 0.05) is 5.56 Å². The van der Waals surface area contributed by atoms with Crippen LogP contribution in [0.5, 0.6) is 0 Å². The molecule has 76 valence electrons. The fraction of sp³-hybridized carbons (Fsp3) is 0.0909. The van der Waals surface area contributed by atoms with E-state index in [1.165, 1.54) is 0 Å². The van der Waals surface area contributed by atoms with Crippen molar-refractivity contribution in [1.82, 2.24) is 5.32 Å². The summed E-state index contributed by atoms with van der Waals surface area (Å²) in [7, 11) is 0. The van der Waals surface area contributed by atoms with Crippen LogP contribution in [0.1, 0.15) is 5.56 Å². The molecule has 2 N–H and O–H groups in total. The molecule has 1 saturated heterocycles. The Morgan fingerprint density at radius 2 is 1.87 bits per heavy atom. The van der Waals surface area contributed by atoms with Crippen molar-refractivity contribution >= 4 is 17.4 Å². The highest BCUT2D eigenvalue weighted by molar-refractivity contribution is 6.46. The van der Waals surface area contributed by atoms with Gasteiger partial charge in [0.2, 0.25) is 0 Å². The lowest BCUT2D eigenvalue weighted by atomic mass is 10.1. The lowest BCUT2D eigenvalue weighted by molar-refractivity contribution is -0.133. The molecule has 1 aromatic rings. The largest absolute Gasteiger partial charge is 0.507 e. The Morgan fingerprint density at radius 1 is 1.20 bits per heavy atom. The van der Waals surface area contributed by atoms with E-state index in [1.807, 2.05) is 0 Å². The topological polar surface area (TPSA) is 66.4 Å². The van der Waals surface area contributed by atoms with Gasteiger partial charge in [-0.3, -0.25) is 9.59 Å². The van der Waals surface area contributed by atoms with Gasteiger partial charge in [0.25, 0.3) is 11.7 Å². The zero-order valence-electron chi connectivity index (χ0n) is 7.86. The van der Waals surface area contributed by atoms with Gasteiger partial charge in [0.1, 0.15) is 5.76 Å². The number of rotatable bonds is 1. The van der Waals surface area contributed by atoms with Crippen LogP contribution in [0.25, 0.3) is 5.76 Å². The van der Waals surface area contributed by atoms with Crippen LogP contribution in [0.3, 0.4) is 0 Å². The van der Waals surface area contributed by atoms with E-state index in [0.29, 0.717) is 5.56 Å². The molecule has 1 heterocycles. The molecule has 0 atom stereocenters. The van der Waals surface area contributed by atoms with Crippen molar-refractivity contribution in [2.45, 2.75) is 0 Å². The number of benzene rings is 1. The van der Waals surface area contributed by atoms with Crippen LogP contribution in [0.15, 0.2) is 35.9 Å². The first-order valence-electron chi connectivity index (χ1n) is 4.50. The lowest BCUT2D eigenvalue weighted by Gasteiger charge is -2.01. The van der Waals surface area contributed by atoms with Gasteiger partial charge in [0.05, 0.1) is 12.1 Å². The zero-order chi connectivity index (χ0) is 10.8. The van der Waals surface area contributed by atoms with Crippen molar-refractivity contribution in [2.24, 2.45) is 0 Å². The van der Waals surface area contributed by atoms with Gasteiger partial charge in [-0.15, -0.1) is 0 Å². The number of aliphatic hydroxyl groups is 1. The number of hydrogen-bond donors (Lipinski definition) is 2. The van der Waals surface area contributed by atoms with Gasteiger partial charge in [-0.1, -0.05) is 30.3 Å². The Morgan fingerprint density at radius 3 is 2.40 bits per heavy atom. The number of hydrogen-bond acceptors (Lipinski definition) is 3. The van der Waals surface area contributed by atoms with Crippen molar-refractivity contribution in [3.63, 3.8) is 0 Å². The summed E-state index contributed by atoms with van der Waals surface area (Å²) < 4.78 is 0. The minimum absolute atomic E-state index is 0.0956. The summed E-state index contributed by atoms with van der Waals surface area (Å²) in [6, 6.07) is 8.67. The molecule has 4 heteroatoms. The standard InChI is InChI=1S/C11H9NO3/c13-9(7-4-2-1-3-5-7)8-6-12-11(15)10(8)14/h1-5,13H,6H2,(H,12,15)/b9-8-. The molecule has 0 spiro atoms. The predicted octanol–water partition coefficient (Wildman–Crippen LogP) is 0.655. The lowest BCUT2D eigenvalue weighted by Crippen LogP contribution is -2.18. The molecule has 0 aromatic heterocycles. The van der Waals surface area contributed by atoms with Crippen molar-refractivity contribution < 1.29 is 14.7 Å². The van der Waals surface area contributed by atoms with Gasteiger partial charge in [-0.25, -0.2) is 0 Å². The number of carbonyl (C=O) groups is 2. The minimum atomic E-state index is -0.660. The van der Waals surface area contributed by atoms with Gasteiger partial charge < -0.3 is 10.4 Å². The van der Waals surface area contributed by atoms with Gasteiger partial charge in [-0.2, -0.15) is 0 Å². The second-order valence-electron chi connectivity index (χ2n) is 3.20. The van der Waals surface area contributed by atoms with Crippen LogP contribution in [0.4, 0.5) is 0 Å². The van der Waals surface area contributed by atoms with E-state index in [2.05, 4.69) is 5.32 Å². The molecule has 15 heavy (non-hydrogen) atoms. The number of Topliss-reactive ketones (excluding diaryl/α,β-unsaturated/α-hetero) is 1. The molecule has 1 fully saturated rings. The Labute approximate surface area is 86.2 Å². The molecule has 0 bridgehead atoms. The van der Waals surface area contributed by atoms with E-state index in [4.69, 9.17) is 0 Å².